The zero-order valence-corrected chi connectivity index (χ0v) is 18.1. The molecule has 5 nitrogen and oxygen atoms in total. The van der Waals surface area contributed by atoms with Gasteiger partial charge in [0.15, 0.2) is 0 Å². The van der Waals surface area contributed by atoms with Gasteiger partial charge in [-0.1, -0.05) is 36.4 Å². The smallest absolute Gasteiger partial charge is 0.255 e. The van der Waals surface area contributed by atoms with Gasteiger partial charge in [0.05, 0.1) is 11.0 Å². The Balaban J connectivity index is 1.59. The molecular formula is C26H26FN3O2. The van der Waals surface area contributed by atoms with E-state index in [2.05, 4.69) is 10.3 Å². The number of carbonyl (C=O) groups is 2. The Morgan fingerprint density at radius 1 is 1.09 bits per heavy atom. The molecule has 0 spiro atoms. The number of aromatic nitrogens is 1. The summed E-state index contributed by atoms with van der Waals surface area (Å²) in [5, 5.41) is 2.97. The van der Waals surface area contributed by atoms with E-state index in [1.807, 2.05) is 31.2 Å². The van der Waals surface area contributed by atoms with Gasteiger partial charge in [-0.2, -0.15) is 0 Å². The molecule has 32 heavy (non-hydrogen) atoms. The summed E-state index contributed by atoms with van der Waals surface area (Å²) in [5.74, 6) is -0.414. The minimum absolute atomic E-state index is 0.0336. The fourth-order valence-electron chi connectivity index (χ4n) is 4.37. The maximum atomic E-state index is 13.3. The molecule has 164 valence electrons. The van der Waals surface area contributed by atoms with Crippen molar-refractivity contribution in [3.8, 4) is 11.1 Å². The number of rotatable bonds is 6. The first kappa shape index (κ1) is 21.7. The zero-order valence-electron chi connectivity index (χ0n) is 18.1. The third kappa shape index (κ3) is 4.54. The summed E-state index contributed by atoms with van der Waals surface area (Å²) < 4.78 is 13.3. The first-order valence-electron chi connectivity index (χ1n) is 10.8. The van der Waals surface area contributed by atoms with Crippen molar-refractivity contribution in [2.24, 2.45) is 5.41 Å². The van der Waals surface area contributed by atoms with Gasteiger partial charge in [0.1, 0.15) is 5.82 Å². The number of amides is 2. The highest BCUT2D eigenvalue weighted by Crippen LogP contribution is 2.36. The zero-order chi connectivity index (χ0) is 22.6. The quantitative estimate of drug-likeness (QED) is 0.639. The van der Waals surface area contributed by atoms with Gasteiger partial charge in [0, 0.05) is 32.0 Å². The number of nitrogens with one attached hydrogen (secondary N) is 1. The Morgan fingerprint density at radius 2 is 1.91 bits per heavy atom. The number of benzene rings is 2. The molecule has 0 saturated carbocycles. The first-order valence-corrected chi connectivity index (χ1v) is 10.8. The monoisotopic (exact) mass is 431 g/mol. The van der Waals surface area contributed by atoms with E-state index in [0.717, 1.165) is 16.7 Å². The van der Waals surface area contributed by atoms with Gasteiger partial charge in [0.2, 0.25) is 5.91 Å². The van der Waals surface area contributed by atoms with Crippen LogP contribution >= 0.6 is 0 Å². The lowest BCUT2D eigenvalue weighted by molar-refractivity contribution is -0.130. The van der Waals surface area contributed by atoms with Gasteiger partial charge in [-0.25, -0.2) is 4.39 Å². The van der Waals surface area contributed by atoms with Gasteiger partial charge < -0.3 is 10.2 Å². The Morgan fingerprint density at radius 3 is 2.62 bits per heavy atom. The van der Waals surface area contributed by atoms with Crippen molar-refractivity contribution < 1.29 is 14.0 Å². The Kier molecular flexibility index (Phi) is 6.30. The van der Waals surface area contributed by atoms with Gasteiger partial charge in [-0.15, -0.1) is 0 Å². The van der Waals surface area contributed by atoms with E-state index < -0.39 is 5.41 Å². The second-order valence-corrected chi connectivity index (χ2v) is 8.24. The molecule has 1 aliphatic rings. The van der Waals surface area contributed by atoms with Crippen molar-refractivity contribution >= 4 is 11.8 Å². The highest BCUT2D eigenvalue weighted by molar-refractivity contribution is 5.95. The summed E-state index contributed by atoms with van der Waals surface area (Å²) in [7, 11) is 0. The normalized spacial score (nSPS) is 17.9. The standard InChI is InChI=1S/C26H26FN3O2/c1-2-29-25(32)26(12-14-30(18-26)24(31)22-7-4-13-28-17-22)16-19-5-3-6-21(15-19)20-8-10-23(27)11-9-20/h3-11,13,15,17H,2,12,14,16,18H2,1H3,(H,29,32)/t26-/m1/s1. The van der Waals surface area contributed by atoms with Crippen LogP contribution in [0.4, 0.5) is 4.39 Å². The van der Waals surface area contributed by atoms with Crippen LogP contribution in [-0.2, 0) is 11.2 Å². The second kappa shape index (κ2) is 9.30. The van der Waals surface area contributed by atoms with Crippen molar-refractivity contribution in [2.45, 2.75) is 19.8 Å². The lowest BCUT2D eigenvalue weighted by Crippen LogP contribution is -2.45. The van der Waals surface area contributed by atoms with E-state index in [1.54, 1.807) is 41.6 Å². The molecule has 1 fully saturated rings. The van der Waals surface area contributed by atoms with Gasteiger partial charge in [-0.3, -0.25) is 14.6 Å². The molecule has 2 heterocycles. The Labute approximate surface area is 187 Å². The van der Waals surface area contributed by atoms with E-state index in [1.165, 1.54) is 12.1 Å². The molecule has 1 atom stereocenters. The summed E-state index contributed by atoms with van der Waals surface area (Å²) in [6, 6.07) is 17.8. The Hall–Kier alpha value is -3.54. The molecule has 1 saturated heterocycles. The molecule has 1 N–H and O–H groups in total. The van der Waals surface area contributed by atoms with Crippen LogP contribution in [0.15, 0.2) is 73.1 Å². The predicted octanol–water partition coefficient (Wildman–Crippen LogP) is 4.10. The van der Waals surface area contributed by atoms with Gasteiger partial charge in [0.25, 0.3) is 5.91 Å². The summed E-state index contributed by atoms with van der Waals surface area (Å²) in [6.45, 7) is 3.30. The molecule has 0 aliphatic carbocycles. The van der Waals surface area contributed by atoms with Crippen molar-refractivity contribution in [1.29, 1.82) is 0 Å². The van der Waals surface area contributed by atoms with E-state index in [9.17, 15) is 14.0 Å². The molecule has 0 unspecified atom stereocenters. The summed E-state index contributed by atoms with van der Waals surface area (Å²) in [5.41, 5.74) is 2.72. The van der Waals surface area contributed by atoms with E-state index in [0.29, 0.717) is 38.0 Å². The lowest BCUT2D eigenvalue weighted by Gasteiger charge is -2.28. The largest absolute Gasteiger partial charge is 0.356 e. The highest BCUT2D eigenvalue weighted by atomic mass is 19.1. The summed E-state index contributed by atoms with van der Waals surface area (Å²) in [6.07, 6.45) is 4.30. The van der Waals surface area contributed by atoms with Crippen LogP contribution in [0.3, 0.4) is 0 Å². The van der Waals surface area contributed by atoms with E-state index in [-0.39, 0.29) is 17.6 Å². The van der Waals surface area contributed by atoms with Crippen LogP contribution in [0.25, 0.3) is 11.1 Å². The number of hydrogen-bond donors (Lipinski definition) is 1. The molecule has 4 rings (SSSR count). The van der Waals surface area contributed by atoms with E-state index in [4.69, 9.17) is 0 Å². The maximum absolute atomic E-state index is 13.3. The van der Waals surface area contributed by atoms with Gasteiger partial charge in [-0.05, 0) is 60.7 Å². The SMILES string of the molecule is CCNC(=O)[C@@]1(Cc2cccc(-c3ccc(F)cc3)c2)CCN(C(=O)c2cccnc2)C1. The number of pyridine rings is 1. The molecule has 2 aromatic carbocycles. The fraction of sp³-hybridized carbons (Fsp3) is 0.269. The molecular weight excluding hydrogens is 405 g/mol. The molecule has 1 aliphatic heterocycles. The minimum atomic E-state index is -0.699. The van der Waals surface area contributed by atoms with Crippen molar-refractivity contribution in [3.63, 3.8) is 0 Å². The summed E-state index contributed by atoms with van der Waals surface area (Å²) in [4.78, 5) is 31.9. The second-order valence-electron chi connectivity index (χ2n) is 8.24. The molecule has 2 amide bonds. The lowest BCUT2D eigenvalue weighted by atomic mass is 9.79. The van der Waals surface area contributed by atoms with Crippen molar-refractivity contribution in [2.75, 3.05) is 19.6 Å². The molecule has 6 heteroatoms. The number of halogens is 1. The van der Waals surface area contributed by atoms with Crippen molar-refractivity contribution in [1.82, 2.24) is 15.2 Å². The number of hydrogen-bond acceptors (Lipinski definition) is 3. The third-order valence-electron chi connectivity index (χ3n) is 6.02. The van der Waals surface area contributed by atoms with Gasteiger partial charge >= 0.3 is 0 Å². The Bertz CT molecular complexity index is 1100. The fourth-order valence-corrected chi connectivity index (χ4v) is 4.37. The predicted molar refractivity (Wildman–Crippen MR) is 121 cm³/mol. The van der Waals surface area contributed by atoms with E-state index >= 15 is 0 Å². The molecule has 0 radical (unpaired) electrons. The number of carbonyl (C=O) groups excluding carboxylic acids is 2. The minimum Gasteiger partial charge on any atom is -0.356 e. The number of likely N-dealkylation sites (tertiary alicyclic amines) is 1. The molecule has 3 aromatic rings. The van der Waals surface area contributed by atoms with Crippen LogP contribution in [0.5, 0.6) is 0 Å². The van der Waals surface area contributed by atoms with Crippen LogP contribution in [0.2, 0.25) is 0 Å². The van der Waals surface area contributed by atoms with Crippen LogP contribution in [0.1, 0.15) is 29.3 Å². The molecule has 1 aromatic heterocycles. The highest BCUT2D eigenvalue weighted by Gasteiger charge is 2.45. The van der Waals surface area contributed by atoms with Crippen LogP contribution in [-0.4, -0.2) is 41.3 Å². The maximum Gasteiger partial charge on any atom is 0.255 e. The third-order valence-corrected chi connectivity index (χ3v) is 6.02. The average Bonchev–Trinajstić information content (AvgIpc) is 3.25. The summed E-state index contributed by atoms with van der Waals surface area (Å²) >= 11 is 0. The number of nitrogens with zero attached hydrogens (tertiary/aromatic N) is 2. The average molecular weight is 432 g/mol. The van der Waals surface area contributed by atoms with Crippen LogP contribution in [0, 0.1) is 11.2 Å². The van der Waals surface area contributed by atoms with Crippen molar-refractivity contribution in [3.05, 3.63) is 90.0 Å². The van der Waals surface area contributed by atoms with Crippen LogP contribution < -0.4 is 5.32 Å². The first-order chi connectivity index (χ1) is 15.5. The molecule has 0 bridgehead atoms. The topological polar surface area (TPSA) is 62.3 Å².